The molecule has 3 N–H and O–H groups in total. The van der Waals surface area contributed by atoms with Gasteiger partial charge in [-0.25, -0.2) is 13.2 Å². The zero-order valence-electron chi connectivity index (χ0n) is 11.3. The lowest BCUT2D eigenvalue weighted by Gasteiger charge is -2.07. The third kappa shape index (κ3) is 3.82. The van der Waals surface area contributed by atoms with Crippen molar-refractivity contribution in [2.75, 3.05) is 10.5 Å². The molecule has 2 aromatic rings. The van der Waals surface area contributed by atoms with Gasteiger partial charge < -0.3 is 10.1 Å². The summed E-state index contributed by atoms with van der Waals surface area (Å²) >= 11 is 0. The summed E-state index contributed by atoms with van der Waals surface area (Å²) in [5, 5.41) is 9.08. The van der Waals surface area contributed by atoms with Gasteiger partial charge in [0.1, 0.15) is 5.56 Å². The molecular weight excluding hydrogens is 294 g/mol. The molecule has 21 heavy (non-hydrogen) atoms. The number of aromatic nitrogens is 2. The Morgan fingerprint density at radius 3 is 2.67 bits per heavy atom. The number of H-pyrrole nitrogens is 1. The van der Waals surface area contributed by atoms with E-state index in [0.29, 0.717) is 12.1 Å². The zero-order valence-corrected chi connectivity index (χ0v) is 12.1. The molecule has 8 heteroatoms. The second-order valence-corrected chi connectivity index (χ2v) is 6.38. The van der Waals surface area contributed by atoms with Crippen LogP contribution in [0.3, 0.4) is 0 Å². The molecule has 0 aliphatic heterocycles. The summed E-state index contributed by atoms with van der Waals surface area (Å²) in [6.45, 7) is 1.57. The van der Waals surface area contributed by atoms with E-state index in [1.54, 1.807) is 31.5 Å². The molecule has 0 bridgehead atoms. The van der Waals surface area contributed by atoms with Gasteiger partial charge in [0.25, 0.3) is 0 Å². The SMILES string of the molecule is Cc1[nH]cc(NS(=O)(=O)CCc2ccncc2)c1C(=O)O. The lowest BCUT2D eigenvalue weighted by Crippen LogP contribution is -2.19. The average molecular weight is 309 g/mol. The van der Waals surface area contributed by atoms with Gasteiger partial charge in [0.15, 0.2) is 0 Å². The number of aromatic carboxylic acids is 1. The third-order valence-corrected chi connectivity index (χ3v) is 4.24. The molecule has 0 unspecified atom stereocenters. The average Bonchev–Trinajstić information content (AvgIpc) is 2.78. The second-order valence-electron chi connectivity index (χ2n) is 4.53. The number of carboxylic acids is 1. The van der Waals surface area contributed by atoms with Crippen LogP contribution in [-0.4, -0.2) is 35.2 Å². The smallest absolute Gasteiger partial charge is 0.339 e. The summed E-state index contributed by atoms with van der Waals surface area (Å²) < 4.78 is 26.4. The van der Waals surface area contributed by atoms with Crippen LogP contribution in [0.5, 0.6) is 0 Å². The van der Waals surface area contributed by atoms with Gasteiger partial charge in [-0.05, 0) is 31.0 Å². The van der Waals surface area contributed by atoms with Crippen LogP contribution in [0.15, 0.2) is 30.7 Å². The normalized spacial score (nSPS) is 11.3. The highest BCUT2D eigenvalue weighted by Gasteiger charge is 2.19. The number of carbonyl (C=O) groups is 1. The van der Waals surface area contributed by atoms with Crippen LogP contribution in [0, 0.1) is 6.92 Å². The van der Waals surface area contributed by atoms with Gasteiger partial charge in [-0.1, -0.05) is 0 Å². The van der Waals surface area contributed by atoms with Crippen molar-refractivity contribution in [3.05, 3.63) is 47.5 Å². The van der Waals surface area contributed by atoms with E-state index >= 15 is 0 Å². The van der Waals surface area contributed by atoms with Crippen molar-refractivity contribution in [1.29, 1.82) is 0 Å². The molecule has 2 heterocycles. The molecule has 0 aromatic carbocycles. The number of aryl methyl sites for hydroxylation is 2. The van der Waals surface area contributed by atoms with Crippen molar-refractivity contribution in [2.45, 2.75) is 13.3 Å². The van der Waals surface area contributed by atoms with Crippen LogP contribution < -0.4 is 4.72 Å². The second kappa shape index (κ2) is 5.96. The predicted molar refractivity (Wildman–Crippen MR) is 77.8 cm³/mol. The number of hydrogen-bond donors (Lipinski definition) is 3. The summed E-state index contributed by atoms with van der Waals surface area (Å²) in [6, 6.07) is 3.47. The van der Waals surface area contributed by atoms with E-state index in [-0.39, 0.29) is 17.0 Å². The van der Waals surface area contributed by atoms with Gasteiger partial charge in [0.05, 0.1) is 11.4 Å². The Balaban J connectivity index is 2.10. The number of carboxylic acid groups (broad SMARTS) is 1. The Morgan fingerprint density at radius 1 is 1.38 bits per heavy atom. The number of aromatic amines is 1. The number of hydrogen-bond acceptors (Lipinski definition) is 4. The fraction of sp³-hybridized carbons (Fsp3) is 0.231. The molecule has 2 rings (SSSR count). The highest BCUT2D eigenvalue weighted by molar-refractivity contribution is 7.92. The Bertz CT molecular complexity index is 738. The molecule has 0 aliphatic carbocycles. The minimum atomic E-state index is -3.63. The van der Waals surface area contributed by atoms with Crippen molar-refractivity contribution in [1.82, 2.24) is 9.97 Å². The number of anilines is 1. The first-order chi connectivity index (χ1) is 9.89. The predicted octanol–water partition coefficient (Wildman–Crippen LogP) is 1.40. The van der Waals surface area contributed by atoms with Crippen LogP contribution in [0.1, 0.15) is 21.6 Å². The van der Waals surface area contributed by atoms with Crippen molar-refractivity contribution in [2.24, 2.45) is 0 Å². The first-order valence-electron chi connectivity index (χ1n) is 6.20. The fourth-order valence-corrected chi connectivity index (χ4v) is 3.01. The molecule has 0 radical (unpaired) electrons. The summed E-state index contributed by atoms with van der Waals surface area (Å²) in [6.07, 6.45) is 4.84. The lowest BCUT2D eigenvalue weighted by molar-refractivity contribution is 0.0697. The van der Waals surface area contributed by atoms with E-state index in [0.717, 1.165) is 5.56 Å². The molecule has 0 saturated heterocycles. The van der Waals surface area contributed by atoms with E-state index in [9.17, 15) is 13.2 Å². The number of nitrogens with zero attached hydrogens (tertiary/aromatic N) is 1. The molecule has 112 valence electrons. The molecule has 0 amide bonds. The number of pyridine rings is 1. The van der Waals surface area contributed by atoms with Gasteiger partial charge in [-0.2, -0.15) is 0 Å². The van der Waals surface area contributed by atoms with Gasteiger partial charge in [0.2, 0.25) is 10.0 Å². The van der Waals surface area contributed by atoms with Crippen molar-refractivity contribution in [3.63, 3.8) is 0 Å². The highest BCUT2D eigenvalue weighted by Crippen LogP contribution is 2.20. The maximum absolute atomic E-state index is 12.0. The highest BCUT2D eigenvalue weighted by atomic mass is 32.2. The first kappa shape index (κ1) is 15.0. The first-order valence-corrected chi connectivity index (χ1v) is 7.85. The van der Waals surface area contributed by atoms with Gasteiger partial charge in [0, 0.05) is 24.3 Å². The molecular formula is C13H15N3O4S. The quantitative estimate of drug-likeness (QED) is 0.746. The standard InChI is InChI=1S/C13H15N3O4S/c1-9-12(13(17)18)11(8-15-9)16-21(19,20)7-4-10-2-5-14-6-3-10/h2-3,5-6,8,15-16H,4,7H2,1H3,(H,17,18). The van der Waals surface area contributed by atoms with Crippen LogP contribution in [-0.2, 0) is 16.4 Å². The molecule has 2 aromatic heterocycles. The monoisotopic (exact) mass is 309 g/mol. The van der Waals surface area contributed by atoms with Crippen LogP contribution >= 0.6 is 0 Å². The number of nitrogens with one attached hydrogen (secondary N) is 2. The van der Waals surface area contributed by atoms with Crippen molar-refractivity contribution in [3.8, 4) is 0 Å². The van der Waals surface area contributed by atoms with Crippen molar-refractivity contribution < 1.29 is 18.3 Å². The summed E-state index contributed by atoms with van der Waals surface area (Å²) in [5.74, 6) is -1.32. The maximum Gasteiger partial charge on any atom is 0.339 e. The van der Waals surface area contributed by atoms with E-state index in [4.69, 9.17) is 5.11 Å². The maximum atomic E-state index is 12.0. The topological polar surface area (TPSA) is 112 Å². The minimum Gasteiger partial charge on any atom is -0.478 e. The fourth-order valence-electron chi connectivity index (χ4n) is 1.90. The van der Waals surface area contributed by atoms with Crippen molar-refractivity contribution >= 4 is 21.7 Å². The third-order valence-electron chi connectivity index (χ3n) is 2.97. The lowest BCUT2D eigenvalue weighted by atomic mass is 10.2. The van der Waals surface area contributed by atoms with E-state index in [1.165, 1.54) is 6.20 Å². The zero-order chi connectivity index (χ0) is 15.5. The summed E-state index contributed by atoms with van der Waals surface area (Å²) in [7, 11) is -3.63. The Hall–Kier alpha value is -2.35. The molecule has 0 atom stereocenters. The number of rotatable bonds is 6. The molecule has 0 aliphatic rings. The Kier molecular flexibility index (Phi) is 4.27. The molecule has 0 spiro atoms. The van der Waals surface area contributed by atoms with Gasteiger partial charge in [-0.15, -0.1) is 0 Å². The Morgan fingerprint density at radius 2 is 2.05 bits per heavy atom. The summed E-state index contributed by atoms with van der Waals surface area (Å²) in [5.41, 5.74) is 1.23. The molecule has 7 nitrogen and oxygen atoms in total. The number of sulfonamides is 1. The van der Waals surface area contributed by atoms with Crippen LogP contribution in [0.4, 0.5) is 5.69 Å². The molecule has 0 fully saturated rings. The van der Waals surface area contributed by atoms with E-state index in [2.05, 4.69) is 14.7 Å². The Labute approximate surface area is 122 Å². The van der Waals surface area contributed by atoms with Gasteiger partial charge in [-0.3, -0.25) is 9.71 Å². The molecule has 0 saturated carbocycles. The largest absolute Gasteiger partial charge is 0.478 e. The van der Waals surface area contributed by atoms with E-state index < -0.39 is 16.0 Å². The van der Waals surface area contributed by atoms with Gasteiger partial charge >= 0.3 is 5.97 Å². The van der Waals surface area contributed by atoms with Crippen LogP contribution in [0.25, 0.3) is 0 Å². The van der Waals surface area contributed by atoms with E-state index in [1.807, 2.05) is 0 Å². The van der Waals surface area contributed by atoms with Crippen LogP contribution in [0.2, 0.25) is 0 Å². The summed E-state index contributed by atoms with van der Waals surface area (Å²) in [4.78, 5) is 17.7. The minimum absolute atomic E-state index is 0.0507.